The normalized spacial score (nSPS) is 20.2. The summed E-state index contributed by atoms with van der Waals surface area (Å²) >= 11 is 0. The molecule has 0 amide bonds. The molecule has 78 valence electrons. The lowest BCUT2D eigenvalue weighted by molar-refractivity contribution is 0.112. The SMILES string of the molecule is O=Cc1cccc(F)c1[C@H]1C=CCCC1. The van der Waals surface area contributed by atoms with Gasteiger partial charge in [-0.25, -0.2) is 4.39 Å². The molecule has 1 aromatic rings. The van der Waals surface area contributed by atoms with Crippen LogP contribution in [0.2, 0.25) is 0 Å². The lowest BCUT2D eigenvalue weighted by Gasteiger charge is -2.18. The Morgan fingerprint density at radius 2 is 2.27 bits per heavy atom. The zero-order valence-corrected chi connectivity index (χ0v) is 8.45. The van der Waals surface area contributed by atoms with Gasteiger partial charge < -0.3 is 0 Å². The Kier molecular flexibility index (Phi) is 2.95. The first-order valence-electron chi connectivity index (χ1n) is 5.23. The fourth-order valence-electron chi connectivity index (χ4n) is 2.10. The van der Waals surface area contributed by atoms with E-state index in [0.29, 0.717) is 11.1 Å². The molecule has 2 heteroatoms. The third kappa shape index (κ3) is 1.99. The van der Waals surface area contributed by atoms with Crippen molar-refractivity contribution in [2.75, 3.05) is 0 Å². The first-order chi connectivity index (χ1) is 7.33. The van der Waals surface area contributed by atoms with Crippen LogP contribution in [-0.2, 0) is 0 Å². The van der Waals surface area contributed by atoms with Gasteiger partial charge in [-0.15, -0.1) is 0 Å². The minimum absolute atomic E-state index is 0.0696. The van der Waals surface area contributed by atoms with Crippen molar-refractivity contribution in [3.8, 4) is 0 Å². The summed E-state index contributed by atoms with van der Waals surface area (Å²) in [5.41, 5.74) is 1.04. The monoisotopic (exact) mass is 204 g/mol. The Labute approximate surface area is 88.6 Å². The quantitative estimate of drug-likeness (QED) is 0.532. The largest absolute Gasteiger partial charge is 0.298 e. The van der Waals surface area contributed by atoms with Crippen LogP contribution in [-0.4, -0.2) is 6.29 Å². The Morgan fingerprint density at radius 1 is 1.40 bits per heavy atom. The molecule has 0 bridgehead atoms. The van der Waals surface area contributed by atoms with Crippen LogP contribution in [0.15, 0.2) is 30.4 Å². The molecule has 1 aliphatic carbocycles. The molecule has 1 aromatic carbocycles. The summed E-state index contributed by atoms with van der Waals surface area (Å²) in [5.74, 6) is -0.198. The predicted octanol–water partition coefficient (Wildman–Crippen LogP) is 3.46. The summed E-state index contributed by atoms with van der Waals surface area (Å²) in [5, 5.41) is 0. The van der Waals surface area contributed by atoms with Crippen LogP contribution in [0.4, 0.5) is 4.39 Å². The summed E-state index contributed by atoms with van der Waals surface area (Å²) < 4.78 is 13.6. The number of hydrogen-bond donors (Lipinski definition) is 0. The van der Waals surface area contributed by atoms with Crippen molar-refractivity contribution in [2.45, 2.75) is 25.2 Å². The Hall–Kier alpha value is -1.44. The summed E-state index contributed by atoms with van der Waals surface area (Å²) in [6, 6.07) is 4.67. The highest BCUT2D eigenvalue weighted by molar-refractivity contribution is 5.77. The van der Waals surface area contributed by atoms with Gasteiger partial charge in [-0.1, -0.05) is 24.3 Å². The Bertz CT molecular complexity index is 396. The minimum atomic E-state index is -0.267. The lowest BCUT2D eigenvalue weighted by atomic mass is 9.86. The van der Waals surface area contributed by atoms with Gasteiger partial charge in [-0.3, -0.25) is 4.79 Å². The summed E-state index contributed by atoms with van der Waals surface area (Å²) in [6.07, 6.45) is 7.86. The molecule has 1 atom stereocenters. The maximum Gasteiger partial charge on any atom is 0.150 e. The molecule has 1 aliphatic rings. The van der Waals surface area contributed by atoms with Crippen molar-refractivity contribution in [2.24, 2.45) is 0 Å². The van der Waals surface area contributed by atoms with Gasteiger partial charge in [0.1, 0.15) is 12.1 Å². The van der Waals surface area contributed by atoms with Gasteiger partial charge in [0.2, 0.25) is 0 Å². The third-order valence-electron chi connectivity index (χ3n) is 2.84. The molecule has 2 rings (SSSR count). The average molecular weight is 204 g/mol. The molecule has 0 spiro atoms. The number of rotatable bonds is 2. The molecule has 0 saturated carbocycles. The number of halogens is 1. The van der Waals surface area contributed by atoms with Crippen LogP contribution < -0.4 is 0 Å². The molecule has 0 aromatic heterocycles. The van der Waals surface area contributed by atoms with Crippen molar-refractivity contribution in [3.63, 3.8) is 0 Å². The van der Waals surface area contributed by atoms with Gasteiger partial charge >= 0.3 is 0 Å². The van der Waals surface area contributed by atoms with Crippen LogP contribution in [0, 0.1) is 5.82 Å². The second-order valence-electron chi connectivity index (χ2n) is 3.83. The fraction of sp³-hybridized carbons (Fsp3) is 0.308. The van der Waals surface area contributed by atoms with Crippen LogP contribution in [0.5, 0.6) is 0 Å². The van der Waals surface area contributed by atoms with E-state index in [1.165, 1.54) is 6.07 Å². The van der Waals surface area contributed by atoms with Gasteiger partial charge in [-0.05, 0) is 25.3 Å². The topological polar surface area (TPSA) is 17.1 Å². The smallest absolute Gasteiger partial charge is 0.150 e. The van der Waals surface area contributed by atoms with E-state index in [1.807, 2.05) is 6.08 Å². The Balaban J connectivity index is 2.44. The van der Waals surface area contributed by atoms with Crippen molar-refractivity contribution in [1.29, 1.82) is 0 Å². The standard InChI is InChI=1S/C13H13FO/c14-12-8-4-7-11(9-15)13(12)10-5-2-1-3-6-10/h2,4-5,7-10H,1,3,6H2/t10-/m0/s1. The summed E-state index contributed by atoms with van der Waals surface area (Å²) in [4.78, 5) is 10.8. The number of hydrogen-bond acceptors (Lipinski definition) is 1. The molecule has 0 aliphatic heterocycles. The molecule has 1 nitrogen and oxygen atoms in total. The van der Waals surface area contributed by atoms with Crippen molar-refractivity contribution in [1.82, 2.24) is 0 Å². The highest BCUT2D eigenvalue weighted by atomic mass is 19.1. The van der Waals surface area contributed by atoms with Gasteiger partial charge in [0.15, 0.2) is 0 Å². The molecule has 0 fully saturated rings. The van der Waals surface area contributed by atoms with E-state index in [9.17, 15) is 9.18 Å². The molecule has 0 N–H and O–H groups in total. The lowest BCUT2D eigenvalue weighted by Crippen LogP contribution is -2.05. The van der Waals surface area contributed by atoms with E-state index >= 15 is 0 Å². The highest BCUT2D eigenvalue weighted by Gasteiger charge is 2.18. The number of carbonyl (C=O) groups is 1. The second-order valence-corrected chi connectivity index (χ2v) is 3.83. The molecular weight excluding hydrogens is 191 g/mol. The van der Waals surface area contributed by atoms with E-state index in [1.54, 1.807) is 12.1 Å². The van der Waals surface area contributed by atoms with Crippen molar-refractivity contribution in [3.05, 3.63) is 47.3 Å². The van der Waals surface area contributed by atoms with Crippen LogP contribution >= 0.6 is 0 Å². The maximum absolute atomic E-state index is 13.6. The van der Waals surface area contributed by atoms with Crippen LogP contribution in [0.3, 0.4) is 0 Å². The Morgan fingerprint density at radius 3 is 2.93 bits per heavy atom. The van der Waals surface area contributed by atoms with Crippen LogP contribution in [0.1, 0.15) is 41.1 Å². The average Bonchev–Trinajstić information content (AvgIpc) is 2.29. The first-order valence-corrected chi connectivity index (χ1v) is 5.23. The fourth-order valence-corrected chi connectivity index (χ4v) is 2.10. The van der Waals surface area contributed by atoms with Crippen molar-refractivity contribution >= 4 is 6.29 Å². The van der Waals surface area contributed by atoms with Crippen molar-refractivity contribution < 1.29 is 9.18 Å². The van der Waals surface area contributed by atoms with E-state index in [0.717, 1.165) is 25.5 Å². The third-order valence-corrected chi connectivity index (χ3v) is 2.84. The van der Waals surface area contributed by atoms with E-state index in [2.05, 4.69) is 6.08 Å². The van der Waals surface area contributed by atoms with E-state index in [4.69, 9.17) is 0 Å². The molecular formula is C13H13FO. The van der Waals surface area contributed by atoms with Crippen LogP contribution in [0.25, 0.3) is 0 Å². The first kappa shape index (κ1) is 10.1. The number of aldehydes is 1. The molecule has 0 saturated heterocycles. The summed E-state index contributed by atoms with van der Waals surface area (Å²) in [7, 11) is 0. The van der Waals surface area contributed by atoms with Gasteiger partial charge in [0.25, 0.3) is 0 Å². The predicted molar refractivity (Wildman–Crippen MR) is 57.5 cm³/mol. The van der Waals surface area contributed by atoms with E-state index in [-0.39, 0.29) is 11.7 Å². The number of allylic oxidation sites excluding steroid dienone is 2. The maximum atomic E-state index is 13.6. The minimum Gasteiger partial charge on any atom is -0.298 e. The van der Waals surface area contributed by atoms with Gasteiger partial charge in [0.05, 0.1) is 0 Å². The van der Waals surface area contributed by atoms with Gasteiger partial charge in [-0.2, -0.15) is 0 Å². The van der Waals surface area contributed by atoms with Gasteiger partial charge in [0, 0.05) is 17.0 Å². The number of benzene rings is 1. The molecule has 0 unspecified atom stereocenters. The molecule has 15 heavy (non-hydrogen) atoms. The summed E-state index contributed by atoms with van der Waals surface area (Å²) in [6.45, 7) is 0. The highest BCUT2D eigenvalue weighted by Crippen LogP contribution is 2.31. The number of carbonyl (C=O) groups excluding carboxylic acids is 1. The zero-order chi connectivity index (χ0) is 10.7. The molecule has 0 radical (unpaired) electrons. The van der Waals surface area contributed by atoms with E-state index < -0.39 is 0 Å². The molecule has 0 heterocycles. The second kappa shape index (κ2) is 4.39. The zero-order valence-electron chi connectivity index (χ0n) is 8.45.